The summed E-state index contributed by atoms with van der Waals surface area (Å²) >= 11 is 0. The Morgan fingerprint density at radius 1 is 1.21 bits per heavy atom. The van der Waals surface area contributed by atoms with Crippen LogP contribution in [0.2, 0.25) is 0 Å². The molecular formula is C16H25NO2. The summed E-state index contributed by atoms with van der Waals surface area (Å²) < 4.78 is 5.40. The van der Waals surface area contributed by atoms with Crippen LogP contribution in [0.3, 0.4) is 0 Å². The molecule has 19 heavy (non-hydrogen) atoms. The number of rotatable bonds is 7. The number of methoxy groups -OCH3 is 1. The minimum Gasteiger partial charge on any atom is -0.496 e. The molecule has 0 saturated carbocycles. The monoisotopic (exact) mass is 263 g/mol. The van der Waals surface area contributed by atoms with E-state index in [1.165, 1.54) is 0 Å². The van der Waals surface area contributed by atoms with E-state index in [0.717, 1.165) is 36.5 Å². The Labute approximate surface area is 116 Å². The highest BCUT2D eigenvalue weighted by atomic mass is 16.5. The fourth-order valence-electron chi connectivity index (χ4n) is 2.21. The molecule has 1 rings (SSSR count). The van der Waals surface area contributed by atoms with Gasteiger partial charge in [0, 0.05) is 13.0 Å². The lowest BCUT2D eigenvalue weighted by atomic mass is 10.00. The Morgan fingerprint density at radius 2 is 1.84 bits per heavy atom. The van der Waals surface area contributed by atoms with Crippen LogP contribution in [-0.2, 0) is 0 Å². The second-order valence-corrected chi connectivity index (χ2v) is 4.79. The van der Waals surface area contributed by atoms with Gasteiger partial charge in [-0.05, 0) is 44.1 Å². The highest BCUT2D eigenvalue weighted by Crippen LogP contribution is 2.27. The van der Waals surface area contributed by atoms with Crippen molar-refractivity contribution in [2.45, 2.75) is 34.1 Å². The van der Waals surface area contributed by atoms with Crippen molar-refractivity contribution in [1.82, 2.24) is 4.90 Å². The van der Waals surface area contributed by atoms with E-state index >= 15 is 0 Å². The summed E-state index contributed by atoms with van der Waals surface area (Å²) in [7, 11) is 1.63. The Balaban J connectivity index is 2.85. The van der Waals surface area contributed by atoms with E-state index in [2.05, 4.69) is 18.7 Å². The lowest BCUT2D eigenvalue weighted by Crippen LogP contribution is -2.25. The minimum atomic E-state index is 0.159. The molecule has 0 heterocycles. The van der Waals surface area contributed by atoms with Crippen LogP contribution in [0.15, 0.2) is 12.1 Å². The first kappa shape index (κ1) is 15.7. The summed E-state index contributed by atoms with van der Waals surface area (Å²) in [6.07, 6.45) is 0.542. The molecule has 0 amide bonds. The van der Waals surface area contributed by atoms with E-state index in [1.807, 2.05) is 26.0 Å². The number of benzene rings is 1. The molecule has 0 aliphatic rings. The van der Waals surface area contributed by atoms with Crippen LogP contribution in [0, 0.1) is 13.8 Å². The molecule has 106 valence electrons. The maximum absolute atomic E-state index is 12.3. The third kappa shape index (κ3) is 3.80. The van der Waals surface area contributed by atoms with Gasteiger partial charge in [0.2, 0.25) is 0 Å². The first-order valence-corrected chi connectivity index (χ1v) is 6.94. The molecule has 0 unspecified atom stereocenters. The third-order valence-electron chi connectivity index (χ3n) is 3.73. The zero-order valence-corrected chi connectivity index (χ0v) is 12.7. The summed E-state index contributed by atoms with van der Waals surface area (Å²) in [6, 6.07) is 3.87. The highest BCUT2D eigenvalue weighted by molar-refractivity contribution is 5.99. The summed E-state index contributed by atoms with van der Waals surface area (Å²) in [5.41, 5.74) is 2.91. The van der Waals surface area contributed by atoms with Crippen LogP contribution < -0.4 is 4.74 Å². The van der Waals surface area contributed by atoms with Gasteiger partial charge in [0.1, 0.15) is 5.75 Å². The van der Waals surface area contributed by atoms with Crippen LogP contribution in [-0.4, -0.2) is 37.4 Å². The highest BCUT2D eigenvalue weighted by Gasteiger charge is 2.15. The standard InChI is InChI=1S/C16H25NO2/c1-6-17(7-2)11-10-15(18)14-9-8-12(3)13(4)16(14)19-5/h8-9H,6-7,10-11H2,1-5H3. The zero-order chi connectivity index (χ0) is 14.4. The maximum atomic E-state index is 12.3. The molecule has 0 fully saturated rings. The van der Waals surface area contributed by atoms with Crippen LogP contribution in [0.4, 0.5) is 0 Å². The molecular weight excluding hydrogens is 238 g/mol. The van der Waals surface area contributed by atoms with E-state index in [-0.39, 0.29) is 5.78 Å². The van der Waals surface area contributed by atoms with Crippen molar-refractivity contribution in [2.75, 3.05) is 26.7 Å². The molecule has 0 aliphatic carbocycles. The molecule has 0 radical (unpaired) electrons. The van der Waals surface area contributed by atoms with Gasteiger partial charge in [0.05, 0.1) is 12.7 Å². The topological polar surface area (TPSA) is 29.5 Å². The van der Waals surface area contributed by atoms with Gasteiger partial charge in [-0.1, -0.05) is 19.9 Å². The molecule has 0 spiro atoms. The average molecular weight is 263 g/mol. The Bertz CT molecular complexity index is 437. The van der Waals surface area contributed by atoms with E-state index in [0.29, 0.717) is 12.0 Å². The number of carbonyl (C=O) groups is 1. The van der Waals surface area contributed by atoms with Crippen molar-refractivity contribution in [3.05, 3.63) is 28.8 Å². The normalized spacial score (nSPS) is 10.8. The predicted octanol–water partition coefficient (Wildman–Crippen LogP) is 3.23. The maximum Gasteiger partial charge on any atom is 0.167 e. The molecule has 3 heteroatoms. The average Bonchev–Trinajstić information content (AvgIpc) is 2.42. The molecule has 0 aliphatic heterocycles. The number of ketones is 1. The summed E-state index contributed by atoms with van der Waals surface area (Å²) in [4.78, 5) is 14.6. The summed E-state index contributed by atoms with van der Waals surface area (Å²) in [5.74, 6) is 0.886. The fraction of sp³-hybridized carbons (Fsp3) is 0.562. The Hall–Kier alpha value is -1.35. The number of nitrogens with zero attached hydrogens (tertiary/aromatic N) is 1. The van der Waals surface area contributed by atoms with Crippen molar-refractivity contribution in [3.8, 4) is 5.75 Å². The molecule has 0 N–H and O–H groups in total. The second kappa shape index (κ2) is 7.29. The number of ether oxygens (including phenoxy) is 1. The molecule has 1 aromatic carbocycles. The molecule has 1 aromatic rings. The first-order chi connectivity index (χ1) is 9.04. The summed E-state index contributed by atoms with van der Waals surface area (Å²) in [5, 5.41) is 0. The van der Waals surface area contributed by atoms with Gasteiger partial charge in [-0.25, -0.2) is 0 Å². The molecule has 0 bridgehead atoms. The van der Waals surface area contributed by atoms with Crippen molar-refractivity contribution in [3.63, 3.8) is 0 Å². The molecule has 0 atom stereocenters. The van der Waals surface area contributed by atoms with Crippen LogP contribution in [0.5, 0.6) is 5.75 Å². The van der Waals surface area contributed by atoms with Crippen LogP contribution in [0.1, 0.15) is 41.8 Å². The summed E-state index contributed by atoms with van der Waals surface area (Å²) in [6.45, 7) is 11.0. The van der Waals surface area contributed by atoms with Gasteiger partial charge in [-0.15, -0.1) is 0 Å². The first-order valence-electron chi connectivity index (χ1n) is 6.94. The second-order valence-electron chi connectivity index (χ2n) is 4.79. The van der Waals surface area contributed by atoms with E-state index in [4.69, 9.17) is 4.74 Å². The van der Waals surface area contributed by atoms with Gasteiger partial charge < -0.3 is 9.64 Å². The lowest BCUT2D eigenvalue weighted by Gasteiger charge is -2.18. The minimum absolute atomic E-state index is 0.159. The largest absolute Gasteiger partial charge is 0.496 e. The van der Waals surface area contributed by atoms with Gasteiger partial charge in [-0.3, -0.25) is 4.79 Å². The van der Waals surface area contributed by atoms with E-state index < -0.39 is 0 Å². The van der Waals surface area contributed by atoms with Gasteiger partial charge in [0.25, 0.3) is 0 Å². The van der Waals surface area contributed by atoms with Gasteiger partial charge >= 0.3 is 0 Å². The number of hydrogen-bond donors (Lipinski definition) is 0. The Kier molecular flexibility index (Phi) is 6.03. The molecule has 3 nitrogen and oxygen atoms in total. The van der Waals surface area contributed by atoms with Gasteiger partial charge in [0.15, 0.2) is 5.78 Å². The number of hydrogen-bond acceptors (Lipinski definition) is 3. The number of Topliss-reactive ketones (excluding diaryl/α,β-unsaturated/α-hetero) is 1. The van der Waals surface area contributed by atoms with Crippen molar-refractivity contribution in [2.24, 2.45) is 0 Å². The predicted molar refractivity (Wildman–Crippen MR) is 79.2 cm³/mol. The van der Waals surface area contributed by atoms with Crippen LogP contribution in [0.25, 0.3) is 0 Å². The van der Waals surface area contributed by atoms with E-state index in [9.17, 15) is 4.79 Å². The number of carbonyl (C=O) groups excluding carboxylic acids is 1. The van der Waals surface area contributed by atoms with Crippen molar-refractivity contribution in [1.29, 1.82) is 0 Å². The van der Waals surface area contributed by atoms with Crippen LogP contribution >= 0.6 is 0 Å². The SMILES string of the molecule is CCN(CC)CCC(=O)c1ccc(C)c(C)c1OC. The quantitative estimate of drug-likeness (QED) is 0.707. The molecule has 0 aromatic heterocycles. The van der Waals surface area contributed by atoms with Crippen molar-refractivity contribution < 1.29 is 9.53 Å². The van der Waals surface area contributed by atoms with Crippen molar-refractivity contribution >= 4 is 5.78 Å². The third-order valence-corrected chi connectivity index (χ3v) is 3.73. The smallest absolute Gasteiger partial charge is 0.167 e. The molecule has 0 saturated heterocycles. The van der Waals surface area contributed by atoms with Gasteiger partial charge in [-0.2, -0.15) is 0 Å². The fourth-order valence-corrected chi connectivity index (χ4v) is 2.21. The zero-order valence-electron chi connectivity index (χ0n) is 12.7. The lowest BCUT2D eigenvalue weighted by molar-refractivity contribution is 0.0963. The van der Waals surface area contributed by atoms with E-state index in [1.54, 1.807) is 7.11 Å². The number of aryl methyl sites for hydroxylation is 1. The Morgan fingerprint density at radius 3 is 2.37 bits per heavy atom.